The molecule has 8 heteroatoms. The van der Waals surface area contributed by atoms with Crippen molar-refractivity contribution in [2.45, 2.75) is 24.9 Å². The molecular weight excluding hydrogens is 337 g/mol. The second-order valence-corrected chi connectivity index (χ2v) is 6.50. The van der Waals surface area contributed by atoms with Gasteiger partial charge in [0.2, 0.25) is 5.91 Å². The molecule has 0 unspecified atom stereocenters. The van der Waals surface area contributed by atoms with E-state index >= 15 is 0 Å². The number of nitrogens with one attached hydrogen (secondary N) is 1. The molecule has 2 aliphatic heterocycles. The maximum Gasteiger partial charge on any atom is 0.320 e. The normalized spacial score (nSPS) is 24.2. The summed E-state index contributed by atoms with van der Waals surface area (Å²) in [5.41, 5.74) is 0.759. The standard InChI is InChI=1S/C16H19ClFN3O3/c17-11-9-10(18)1-4-14(11)20-5-7-21(8-6-20)15(22)12-2-3-13(19-12)16(23)24/h1,4,9,12-13,19H,2-3,5-8H2,(H,23,24)/t12-,13+/m1/s1. The highest BCUT2D eigenvalue weighted by atomic mass is 35.5. The number of aliphatic carboxylic acids is 1. The van der Waals surface area contributed by atoms with Gasteiger partial charge in [0.15, 0.2) is 0 Å². The molecule has 2 atom stereocenters. The molecule has 3 rings (SSSR count). The number of carbonyl (C=O) groups excluding carboxylic acids is 1. The van der Waals surface area contributed by atoms with Gasteiger partial charge in [0.05, 0.1) is 16.8 Å². The summed E-state index contributed by atoms with van der Waals surface area (Å²) in [4.78, 5) is 27.2. The molecule has 0 aromatic heterocycles. The van der Waals surface area contributed by atoms with Gasteiger partial charge < -0.3 is 14.9 Å². The van der Waals surface area contributed by atoms with Gasteiger partial charge in [-0.25, -0.2) is 4.39 Å². The SMILES string of the molecule is O=C(O)[C@@H]1CC[C@H](C(=O)N2CCN(c3ccc(F)cc3Cl)CC2)N1. The molecule has 2 aliphatic rings. The van der Waals surface area contributed by atoms with Crippen LogP contribution < -0.4 is 10.2 Å². The fraction of sp³-hybridized carbons (Fsp3) is 0.500. The monoisotopic (exact) mass is 355 g/mol. The van der Waals surface area contributed by atoms with E-state index in [1.165, 1.54) is 12.1 Å². The van der Waals surface area contributed by atoms with Gasteiger partial charge in [-0.2, -0.15) is 0 Å². The van der Waals surface area contributed by atoms with E-state index in [0.29, 0.717) is 44.0 Å². The van der Waals surface area contributed by atoms with Crippen LogP contribution in [0.25, 0.3) is 0 Å². The van der Waals surface area contributed by atoms with Crippen molar-refractivity contribution in [1.29, 1.82) is 0 Å². The van der Waals surface area contributed by atoms with Crippen molar-refractivity contribution in [3.05, 3.63) is 29.0 Å². The molecule has 24 heavy (non-hydrogen) atoms. The maximum atomic E-state index is 13.1. The zero-order valence-electron chi connectivity index (χ0n) is 13.0. The lowest BCUT2D eigenvalue weighted by Gasteiger charge is -2.37. The first kappa shape index (κ1) is 17.0. The van der Waals surface area contributed by atoms with Gasteiger partial charge >= 0.3 is 5.97 Å². The lowest BCUT2D eigenvalue weighted by Crippen LogP contribution is -2.54. The Balaban J connectivity index is 1.57. The minimum absolute atomic E-state index is 0.0522. The third-order valence-corrected chi connectivity index (χ3v) is 4.89. The summed E-state index contributed by atoms with van der Waals surface area (Å²) < 4.78 is 13.1. The number of nitrogens with zero attached hydrogens (tertiary/aromatic N) is 2. The fourth-order valence-corrected chi connectivity index (χ4v) is 3.54. The van der Waals surface area contributed by atoms with E-state index in [2.05, 4.69) is 5.32 Å². The summed E-state index contributed by atoms with van der Waals surface area (Å²) in [6, 6.07) is 3.23. The summed E-state index contributed by atoms with van der Waals surface area (Å²) >= 11 is 6.08. The summed E-state index contributed by atoms with van der Waals surface area (Å²) in [7, 11) is 0. The molecule has 130 valence electrons. The van der Waals surface area contributed by atoms with Crippen LogP contribution in [-0.4, -0.2) is 60.1 Å². The molecule has 6 nitrogen and oxygen atoms in total. The van der Waals surface area contributed by atoms with Crippen molar-refractivity contribution in [2.75, 3.05) is 31.1 Å². The second kappa shape index (κ2) is 6.94. The summed E-state index contributed by atoms with van der Waals surface area (Å²) in [5, 5.41) is 12.2. The molecule has 0 radical (unpaired) electrons. The number of amides is 1. The summed E-state index contributed by atoms with van der Waals surface area (Å²) in [6.45, 7) is 2.27. The Bertz CT molecular complexity index is 649. The number of carboxylic acid groups (broad SMARTS) is 1. The zero-order valence-corrected chi connectivity index (χ0v) is 13.8. The Morgan fingerprint density at radius 1 is 1.17 bits per heavy atom. The molecule has 2 heterocycles. The van der Waals surface area contributed by atoms with E-state index in [0.717, 1.165) is 5.69 Å². The van der Waals surface area contributed by atoms with Gasteiger partial charge in [-0.05, 0) is 31.0 Å². The molecule has 1 aromatic carbocycles. The van der Waals surface area contributed by atoms with E-state index < -0.39 is 18.1 Å². The van der Waals surface area contributed by atoms with Gasteiger partial charge in [-0.3, -0.25) is 14.9 Å². The Morgan fingerprint density at radius 2 is 1.83 bits per heavy atom. The van der Waals surface area contributed by atoms with Crippen molar-refractivity contribution in [3.63, 3.8) is 0 Å². The number of rotatable bonds is 3. The van der Waals surface area contributed by atoms with Crippen LogP contribution in [0.3, 0.4) is 0 Å². The minimum Gasteiger partial charge on any atom is -0.480 e. The molecular formula is C16H19ClFN3O3. The summed E-state index contributed by atoms with van der Waals surface area (Å²) in [6.07, 6.45) is 1.01. The molecule has 1 aromatic rings. The van der Waals surface area contributed by atoms with E-state index in [4.69, 9.17) is 16.7 Å². The molecule has 0 spiro atoms. The quantitative estimate of drug-likeness (QED) is 0.856. The highest BCUT2D eigenvalue weighted by molar-refractivity contribution is 6.33. The highest BCUT2D eigenvalue weighted by Gasteiger charge is 2.36. The maximum absolute atomic E-state index is 13.1. The van der Waals surface area contributed by atoms with Crippen LogP contribution in [-0.2, 0) is 9.59 Å². The van der Waals surface area contributed by atoms with Gasteiger partial charge in [-0.15, -0.1) is 0 Å². The van der Waals surface area contributed by atoms with Gasteiger partial charge in [0.25, 0.3) is 0 Å². The van der Waals surface area contributed by atoms with Gasteiger partial charge in [0, 0.05) is 26.2 Å². The number of hydrogen-bond donors (Lipinski definition) is 2. The van der Waals surface area contributed by atoms with E-state index in [-0.39, 0.29) is 11.7 Å². The Kier molecular flexibility index (Phi) is 4.91. The van der Waals surface area contributed by atoms with Crippen LogP contribution in [0.4, 0.5) is 10.1 Å². The lowest BCUT2D eigenvalue weighted by atomic mass is 10.1. The van der Waals surface area contributed by atoms with Crippen molar-refractivity contribution < 1.29 is 19.1 Å². The molecule has 0 saturated carbocycles. The van der Waals surface area contributed by atoms with Crippen LogP contribution >= 0.6 is 11.6 Å². The highest BCUT2D eigenvalue weighted by Crippen LogP contribution is 2.27. The summed E-state index contributed by atoms with van der Waals surface area (Å²) in [5.74, 6) is -1.34. The number of halogens is 2. The molecule has 2 fully saturated rings. The number of carbonyl (C=O) groups is 2. The number of piperazine rings is 1. The Morgan fingerprint density at radius 3 is 2.42 bits per heavy atom. The largest absolute Gasteiger partial charge is 0.480 e. The van der Waals surface area contributed by atoms with Gasteiger partial charge in [-0.1, -0.05) is 11.6 Å². The number of hydrogen-bond acceptors (Lipinski definition) is 4. The molecule has 2 saturated heterocycles. The van der Waals surface area contributed by atoms with Crippen LogP contribution in [0.1, 0.15) is 12.8 Å². The topological polar surface area (TPSA) is 72.9 Å². The van der Waals surface area contributed by atoms with Crippen molar-refractivity contribution in [3.8, 4) is 0 Å². The van der Waals surface area contributed by atoms with Gasteiger partial charge in [0.1, 0.15) is 11.9 Å². The fourth-order valence-electron chi connectivity index (χ4n) is 3.26. The lowest BCUT2D eigenvalue weighted by molar-refractivity contribution is -0.139. The van der Waals surface area contributed by atoms with Crippen LogP contribution in [0.15, 0.2) is 18.2 Å². The first-order chi connectivity index (χ1) is 11.5. The second-order valence-electron chi connectivity index (χ2n) is 6.10. The van der Waals surface area contributed by atoms with E-state index in [1.807, 2.05) is 4.90 Å². The van der Waals surface area contributed by atoms with Crippen LogP contribution in [0, 0.1) is 5.82 Å². The first-order valence-corrected chi connectivity index (χ1v) is 8.31. The number of anilines is 1. The smallest absolute Gasteiger partial charge is 0.320 e. The predicted molar refractivity (Wildman–Crippen MR) is 87.8 cm³/mol. The zero-order chi connectivity index (χ0) is 17.3. The number of carboxylic acids is 1. The third-order valence-electron chi connectivity index (χ3n) is 4.58. The Labute approximate surface area is 144 Å². The minimum atomic E-state index is -0.916. The average Bonchev–Trinajstić information content (AvgIpc) is 3.05. The van der Waals surface area contributed by atoms with Crippen molar-refractivity contribution in [1.82, 2.24) is 10.2 Å². The van der Waals surface area contributed by atoms with Crippen molar-refractivity contribution >= 4 is 29.2 Å². The Hall–Kier alpha value is -1.86. The molecule has 0 bridgehead atoms. The van der Waals surface area contributed by atoms with E-state index in [1.54, 1.807) is 11.0 Å². The molecule has 2 N–H and O–H groups in total. The predicted octanol–water partition coefficient (Wildman–Crippen LogP) is 1.33. The van der Waals surface area contributed by atoms with Crippen LogP contribution in [0.5, 0.6) is 0 Å². The van der Waals surface area contributed by atoms with Crippen molar-refractivity contribution in [2.24, 2.45) is 0 Å². The third kappa shape index (κ3) is 3.47. The average molecular weight is 356 g/mol. The first-order valence-electron chi connectivity index (χ1n) is 7.93. The van der Waals surface area contributed by atoms with E-state index in [9.17, 15) is 14.0 Å². The molecule has 1 amide bonds. The molecule has 0 aliphatic carbocycles. The van der Waals surface area contributed by atoms with Crippen LogP contribution in [0.2, 0.25) is 5.02 Å². The number of benzene rings is 1.